The predicted molar refractivity (Wildman–Crippen MR) is 112 cm³/mol. The molecule has 29 heavy (non-hydrogen) atoms. The Morgan fingerprint density at radius 3 is 1.45 bits per heavy atom. The normalized spacial score (nSPS) is 22.2. The molecular formula is C25H24O4. The molecule has 0 N–H and O–H groups in total. The maximum absolute atomic E-state index is 5.77. The van der Waals surface area contributed by atoms with Crippen molar-refractivity contribution < 1.29 is 18.9 Å². The van der Waals surface area contributed by atoms with E-state index in [0.717, 1.165) is 18.1 Å². The first-order valence-electron chi connectivity index (χ1n) is 10.1. The Kier molecular flexibility index (Phi) is 4.96. The lowest BCUT2D eigenvalue weighted by molar-refractivity contribution is 0.261. The molecule has 2 aliphatic rings. The van der Waals surface area contributed by atoms with Crippen LogP contribution in [0.3, 0.4) is 0 Å². The van der Waals surface area contributed by atoms with Crippen molar-refractivity contribution in [1.82, 2.24) is 0 Å². The molecule has 4 heteroatoms. The Labute approximate surface area is 171 Å². The van der Waals surface area contributed by atoms with Gasteiger partial charge in [-0.25, -0.2) is 0 Å². The number of epoxide rings is 2. The maximum atomic E-state index is 5.77. The minimum Gasteiger partial charge on any atom is -0.491 e. The van der Waals surface area contributed by atoms with Gasteiger partial charge in [0.25, 0.3) is 0 Å². The highest BCUT2D eigenvalue weighted by Crippen LogP contribution is 2.28. The third-order valence-electron chi connectivity index (χ3n) is 5.35. The highest BCUT2D eigenvalue weighted by molar-refractivity contribution is 5.71. The molecule has 0 aliphatic carbocycles. The zero-order valence-electron chi connectivity index (χ0n) is 16.4. The van der Waals surface area contributed by atoms with E-state index >= 15 is 0 Å². The summed E-state index contributed by atoms with van der Waals surface area (Å²) < 4.78 is 22.0. The zero-order chi connectivity index (χ0) is 19.6. The summed E-state index contributed by atoms with van der Waals surface area (Å²) in [6.07, 6.45) is 0.850. The van der Waals surface area contributed by atoms with Crippen LogP contribution in [-0.4, -0.2) is 38.1 Å². The summed E-state index contributed by atoms with van der Waals surface area (Å²) >= 11 is 0. The van der Waals surface area contributed by atoms with Crippen molar-refractivity contribution in [3.63, 3.8) is 0 Å². The van der Waals surface area contributed by atoms with Gasteiger partial charge in [0.05, 0.1) is 12.7 Å². The van der Waals surface area contributed by atoms with Crippen LogP contribution in [0.5, 0.6) is 11.5 Å². The number of hydrogen-bond acceptors (Lipinski definition) is 4. The van der Waals surface area contributed by atoms with E-state index in [1.165, 1.54) is 22.3 Å². The van der Waals surface area contributed by atoms with Crippen molar-refractivity contribution >= 4 is 0 Å². The molecule has 4 nitrogen and oxygen atoms in total. The first-order chi connectivity index (χ1) is 14.2. The lowest BCUT2D eigenvalue weighted by Crippen LogP contribution is -2.05. The molecule has 0 amide bonds. The second kappa shape index (κ2) is 7.90. The number of rotatable bonds is 8. The van der Waals surface area contributed by atoms with Crippen molar-refractivity contribution in [3.8, 4) is 33.8 Å². The summed E-state index contributed by atoms with van der Waals surface area (Å²) in [6.45, 7) is 4.13. The van der Waals surface area contributed by atoms with Gasteiger partial charge in [-0.1, -0.05) is 48.5 Å². The van der Waals surface area contributed by atoms with Crippen LogP contribution >= 0.6 is 0 Å². The van der Waals surface area contributed by atoms with Gasteiger partial charge in [-0.3, -0.25) is 0 Å². The zero-order valence-corrected chi connectivity index (χ0v) is 16.4. The van der Waals surface area contributed by atoms with E-state index in [1.54, 1.807) is 0 Å². The summed E-state index contributed by atoms with van der Waals surface area (Å²) in [7, 11) is 0. The lowest BCUT2D eigenvalue weighted by atomic mass is 10.0. The molecule has 2 saturated heterocycles. The van der Waals surface area contributed by atoms with Crippen LogP contribution in [0.2, 0.25) is 0 Å². The quantitative estimate of drug-likeness (QED) is 0.511. The van der Waals surface area contributed by atoms with Gasteiger partial charge in [0.15, 0.2) is 0 Å². The van der Waals surface area contributed by atoms with Crippen molar-refractivity contribution in [3.05, 3.63) is 72.8 Å². The molecule has 3 atom stereocenters. The minimum atomic E-state index is 0.245. The van der Waals surface area contributed by atoms with Gasteiger partial charge in [0, 0.05) is 0 Å². The fourth-order valence-corrected chi connectivity index (χ4v) is 3.28. The molecule has 3 aromatic rings. The monoisotopic (exact) mass is 388 g/mol. The molecule has 0 saturated carbocycles. The van der Waals surface area contributed by atoms with Gasteiger partial charge in [-0.2, -0.15) is 0 Å². The Hall–Kier alpha value is -2.82. The van der Waals surface area contributed by atoms with E-state index in [9.17, 15) is 0 Å². The molecule has 0 bridgehead atoms. The van der Waals surface area contributed by atoms with Crippen molar-refractivity contribution in [2.45, 2.75) is 25.2 Å². The molecule has 3 aromatic carbocycles. The summed E-state index contributed by atoms with van der Waals surface area (Å²) in [5, 5.41) is 0. The minimum absolute atomic E-state index is 0.245. The molecule has 148 valence electrons. The highest BCUT2D eigenvalue weighted by atomic mass is 16.6. The lowest BCUT2D eigenvalue weighted by Gasteiger charge is -2.08. The molecular weight excluding hydrogens is 364 g/mol. The third kappa shape index (κ3) is 4.61. The Morgan fingerprint density at radius 2 is 1.07 bits per heavy atom. The Bertz CT molecular complexity index is 944. The van der Waals surface area contributed by atoms with E-state index in [4.69, 9.17) is 18.9 Å². The molecule has 2 heterocycles. The van der Waals surface area contributed by atoms with Gasteiger partial charge in [-0.15, -0.1) is 0 Å². The third-order valence-corrected chi connectivity index (χ3v) is 5.35. The molecule has 3 unspecified atom stereocenters. The van der Waals surface area contributed by atoms with Gasteiger partial charge >= 0.3 is 0 Å². The first-order valence-corrected chi connectivity index (χ1v) is 10.1. The van der Waals surface area contributed by atoms with E-state index in [0.29, 0.717) is 19.3 Å². The van der Waals surface area contributed by atoms with E-state index in [1.807, 2.05) is 24.3 Å². The van der Waals surface area contributed by atoms with Gasteiger partial charge < -0.3 is 18.9 Å². The van der Waals surface area contributed by atoms with Crippen LogP contribution in [0, 0.1) is 0 Å². The van der Waals surface area contributed by atoms with E-state index < -0.39 is 0 Å². The fraction of sp³-hybridized carbons (Fsp3) is 0.280. The smallest absolute Gasteiger partial charge is 0.119 e. The van der Waals surface area contributed by atoms with Crippen molar-refractivity contribution in [1.29, 1.82) is 0 Å². The van der Waals surface area contributed by atoms with Crippen LogP contribution in [0.25, 0.3) is 22.3 Å². The predicted octanol–water partition coefficient (Wildman–Crippen LogP) is 4.96. The topological polar surface area (TPSA) is 43.5 Å². The number of ether oxygens (including phenoxy) is 4. The Balaban J connectivity index is 1.21. The molecule has 2 fully saturated rings. The summed E-state index contributed by atoms with van der Waals surface area (Å²) in [5.41, 5.74) is 4.71. The Morgan fingerprint density at radius 1 is 0.690 bits per heavy atom. The largest absolute Gasteiger partial charge is 0.491 e. The number of hydrogen-bond donors (Lipinski definition) is 0. The molecule has 0 radical (unpaired) electrons. The second-order valence-electron chi connectivity index (χ2n) is 7.58. The fourth-order valence-electron chi connectivity index (χ4n) is 3.28. The second-order valence-corrected chi connectivity index (χ2v) is 7.58. The van der Waals surface area contributed by atoms with Gasteiger partial charge in [0.1, 0.15) is 36.9 Å². The SMILES string of the molecule is CC1OC1COc1ccc(-c2ccc(-c3ccc(OCC4CO4)cc3)cc2)cc1. The molecule has 2 aliphatic heterocycles. The standard InChI is InChI=1S/C25H24O4/c1-17-25(29-17)16-28-23-12-8-21(9-13-23)19-4-2-18(3-5-19)20-6-10-22(11-7-20)26-14-24-15-27-24/h2-13,17,24-25H,14-16H2,1H3. The van der Waals surface area contributed by atoms with Crippen molar-refractivity contribution in [2.24, 2.45) is 0 Å². The van der Waals surface area contributed by atoms with E-state index in [2.05, 4.69) is 55.5 Å². The number of benzene rings is 3. The summed E-state index contributed by atoms with van der Waals surface area (Å²) in [5.74, 6) is 1.76. The molecule has 5 rings (SSSR count). The van der Waals surface area contributed by atoms with E-state index in [-0.39, 0.29) is 12.2 Å². The molecule has 0 spiro atoms. The molecule has 0 aromatic heterocycles. The van der Waals surface area contributed by atoms with Gasteiger partial charge in [0.2, 0.25) is 0 Å². The van der Waals surface area contributed by atoms with Crippen LogP contribution in [0.15, 0.2) is 72.8 Å². The average Bonchev–Trinajstić information content (AvgIpc) is 3.70. The maximum Gasteiger partial charge on any atom is 0.119 e. The first kappa shape index (κ1) is 18.2. The average molecular weight is 388 g/mol. The highest BCUT2D eigenvalue weighted by Gasteiger charge is 2.34. The van der Waals surface area contributed by atoms with Crippen LogP contribution in [0.4, 0.5) is 0 Å². The summed E-state index contributed by atoms with van der Waals surface area (Å²) in [4.78, 5) is 0. The van der Waals surface area contributed by atoms with Crippen LogP contribution < -0.4 is 9.47 Å². The van der Waals surface area contributed by atoms with Crippen LogP contribution in [-0.2, 0) is 9.47 Å². The van der Waals surface area contributed by atoms with Crippen molar-refractivity contribution in [2.75, 3.05) is 19.8 Å². The van der Waals surface area contributed by atoms with Gasteiger partial charge in [-0.05, 0) is 53.4 Å². The summed E-state index contributed by atoms with van der Waals surface area (Å²) in [6, 6.07) is 25.0. The van der Waals surface area contributed by atoms with Crippen LogP contribution in [0.1, 0.15) is 6.92 Å².